The Morgan fingerprint density at radius 2 is 1.72 bits per heavy atom. The molecule has 4 heterocycles. The van der Waals surface area contributed by atoms with Crippen LogP contribution in [0.25, 0.3) is 22.3 Å². The minimum absolute atomic E-state index is 0.0578. The molecule has 0 spiro atoms. The zero-order chi connectivity index (χ0) is 33.6. The number of likely N-dealkylation sites (tertiary alicyclic amines) is 1. The lowest BCUT2D eigenvalue weighted by atomic mass is 9.90. The van der Waals surface area contributed by atoms with E-state index in [4.69, 9.17) is 0 Å². The number of alkyl halides is 6. The summed E-state index contributed by atoms with van der Waals surface area (Å²) >= 11 is 0. The number of rotatable bonds is 6. The molecule has 1 fully saturated rings. The molecule has 0 unspecified atom stereocenters. The van der Waals surface area contributed by atoms with Crippen LogP contribution in [0.4, 0.5) is 32.3 Å². The van der Waals surface area contributed by atoms with Crippen molar-refractivity contribution in [3.63, 3.8) is 0 Å². The topological polar surface area (TPSA) is 134 Å². The van der Waals surface area contributed by atoms with Crippen LogP contribution in [0.2, 0.25) is 0 Å². The number of fused-ring (bicyclic) bond motifs is 1. The first kappa shape index (κ1) is 32.7. The van der Waals surface area contributed by atoms with Crippen LogP contribution < -0.4 is 5.32 Å². The molecule has 0 radical (unpaired) electrons. The minimum atomic E-state index is -4.97. The summed E-state index contributed by atoms with van der Waals surface area (Å²) in [5, 5.41) is 12.6. The minimum Gasteiger partial charge on any atom is -0.351 e. The molecule has 1 atom stereocenters. The molecule has 0 saturated carbocycles. The van der Waals surface area contributed by atoms with Crippen LogP contribution in [-0.4, -0.2) is 63.5 Å². The average Bonchev–Trinajstić information content (AvgIpc) is 3.40. The number of benzene rings is 1. The molecule has 10 nitrogen and oxygen atoms in total. The van der Waals surface area contributed by atoms with E-state index in [1.165, 1.54) is 12.1 Å². The van der Waals surface area contributed by atoms with Crippen LogP contribution in [0, 0.1) is 24.2 Å². The predicted molar refractivity (Wildman–Crippen MR) is 153 cm³/mol. The van der Waals surface area contributed by atoms with Gasteiger partial charge in [-0.1, -0.05) is 17.7 Å². The molecule has 46 heavy (non-hydrogen) atoms. The van der Waals surface area contributed by atoms with E-state index >= 15 is 0 Å². The Labute approximate surface area is 258 Å². The third-order valence-corrected chi connectivity index (χ3v) is 9.48. The lowest BCUT2D eigenvalue weighted by Crippen LogP contribution is -2.47. The Morgan fingerprint density at radius 1 is 1.07 bits per heavy atom. The Kier molecular flexibility index (Phi) is 8.45. The van der Waals surface area contributed by atoms with Crippen LogP contribution in [0.3, 0.4) is 0 Å². The van der Waals surface area contributed by atoms with E-state index in [1.807, 2.05) is 6.07 Å². The number of piperidine rings is 1. The second-order valence-electron chi connectivity index (χ2n) is 10.9. The first-order chi connectivity index (χ1) is 21.5. The second kappa shape index (κ2) is 11.9. The highest BCUT2D eigenvalue weighted by Crippen LogP contribution is 2.37. The normalized spacial score (nSPS) is 15.5. The van der Waals surface area contributed by atoms with Gasteiger partial charge >= 0.3 is 18.3 Å². The van der Waals surface area contributed by atoms with Crippen molar-refractivity contribution in [2.24, 2.45) is 5.92 Å². The van der Waals surface area contributed by atoms with E-state index in [0.29, 0.717) is 6.20 Å². The number of nitrogens with zero attached hydrogens (tertiary/aromatic N) is 6. The summed E-state index contributed by atoms with van der Waals surface area (Å²) in [6.07, 6.45) is -6.60. The maximum atomic E-state index is 13.7. The fourth-order valence-electron chi connectivity index (χ4n) is 5.27. The van der Waals surface area contributed by atoms with Crippen LogP contribution in [0.1, 0.15) is 36.5 Å². The van der Waals surface area contributed by atoms with Crippen LogP contribution in [0.5, 0.6) is 0 Å². The fraction of sp³-hybridized carbons (Fsp3) is 0.345. The van der Waals surface area contributed by atoms with Gasteiger partial charge in [0.1, 0.15) is 6.07 Å². The molecule has 0 aliphatic carbocycles. The first-order valence-corrected chi connectivity index (χ1v) is 15.3. The van der Waals surface area contributed by atoms with Crippen LogP contribution in [0.15, 0.2) is 53.8 Å². The number of aryl methyl sites for hydroxylation is 1. The molecule has 1 aliphatic heterocycles. The SMILES string of the molecule is Cc1ccc(S(=O)(=O)n2cc(-c3nc(N[C@H](C)C4CCN(C(=O)C(F)(F)F)CC4)ncc3C#N)c3cc(C(F)(F)F)cnc32)cc1. The van der Waals surface area contributed by atoms with Gasteiger partial charge in [-0.05, 0) is 50.8 Å². The van der Waals surface area contributed by atoms with Gasteiger partial charge in [-0.2, -0.15) is 31.6 Å². The molecule has 5 rings (SSSR count). The smallest absolute Gasteiger partial charge is 0.351 e. The van der Waals surface area contributed by atoms with Gasteiger partial charge in [-0.25, -0.2) is 27.3 Å². The van der Waals surface area contributed by atoms with Gasteiger partial charge in [0.05, 0.1) is 27.9 Å². The summed E-state index contributed by atoms with van der Waals surface area (Å²) in [7, 11) is -4.37. The molecule has 4 aromatic rings. The quantitative estimate of drug-likeness (QED) is 0.266. The molecule has 1 amide bonds. The summed E-state index contributed by atoms with van der Waals surface area (Å²) in [6.45, 7) is 3.26. The molecule has 242 valence electrons. The average molecular weight is 666 g/mol. The highest BCUT2D eigenvalue weighted by atomic mass is 32.2. The highest BCUT2D eigenvalue weighted by molar-refractivity contribution is 7.90. The molecule has 3 aromatic heterocycles. The van der Waals surface area contributed by atoms with Gasteiger partial charge in [-0.3, -0.25) is 4.79 Å². The van der Waals surface area contributed by atoms with E-state index in [9.17, 15) is 44.8 Å². The third-order valence-electron chi connectivity index (χ3n) is 7.81. The molecular weight excluding hydrogens is 640 g/mol. The summed E-state index contributed by atoms with van der Waals surface area (Å²) in [5.41, 5.74) is -1.16. The number of carbonyl (C=O) groups is 1. The van der Waals surface area contributed by atoms with E-state index in [1.54, 1.807) is 26.0 Å². The maximum Gasteiger partial charge on any atom is 0.471 e. The lowest BCUT2D eigenvalue weighted by Gasteiger charge is -2.35. The number of nitrogens with one attached hydrogen (secondary N) is 1. The van der Waals surface area contributed by atoms with Crippen molar-refractivity contribution in [3.8, 4) is 17.3 Å². The Morgan fingerprint density at radius 3 is 2.30 bits per heavy atom. The molecule has 1 saturated heterocycles. The number of nitriles is 1. The molecule has 1 aliphatic rings. The fourth-order valence-corrected chi connectivity index (χ4v) is 6.60. The van der Waals surface area contributed by atoms with Gasteiger partial charge in [-0.15, -0.1) is 0 Å². The van der Waals surface area contributed by atoms with Gasteiger partial charge in [0.25, 0.3) is 10.0 Å². The number of hydrogen-bond acceptors (Lipinski definition) is 8. The van der Waals surface area contributed by atoms with E-state index in [2.05, 4.69) is 20.3 Å². The monoisotopic (exact) mass is 665 g/mol. The number of hydrogen-bond donors (Lipinski definition) is 1. The number of pyridine rings is 1. The number of anilines is 1. The van der Waals surface area contributed by atoms with E-state index in [-0.39, 0.29) is 70.5 Å². The number of halogens is 6. The van der Waals surface area contributed by atoms with Gasteiger partial charge in [0.2, 0.25) is 5.95 Å². The lowest BCUT2D eigenvalue weighted by molar-refractivity contribution is -0.186. The Hall–Kier alpha value is -4.72. The maximum absolute atomic E-state index is 13.7. The van der Waals surface area contributed by atoms with Crippen molar-refractivity contribution in [1.82, 2.24) is 23.8 Å². The van der Waals surface area contributed by atoms with E-state index in [0.717, 1.165) is 32.9 Å². The van der Waals surface area contributed by atoms with Crippen LogP contribution in [-0.2, 0) is 21.0 Å². The third kappa shape index (κ3) is 6.34. The van der Waals surface area contributed by atoms with Crippen LogP contribution >= 0.6 is 0 Å². The highest BCUT2D eigenvalue weighted by Gasteiger charge is 2.43. The molecular formula is C29H25F6N7O3S. The van der Waals surface area contributed by atoms with Crippen molar-refractivity contribution in [1.29, 1.82) is 5.26 Å². The number of carbonyl (C=O) groups excluding carboxylic acids is 1. The zero-order valence-electron chi connectivity index (χ0n) is 24.2. The Balaban J connectivity index is 1.53. The van der Waals surface area contributed by atoms with E-state index < -0.39 is 39.9 Å². The largest absolute Gasteiger partial charge is 0.471 e. The van der Waals surface area contributed by atoms with Gasteiger partial charge < -0.3 is 10.2 Å². The summed E-state index contributed by atoms with van der Waals surface area (Å²) < 4.78 is 108. The first-order valence-electron chi connectivity index (χ1n) is 13.8. The zero-order valence-corrected chi connectivity index (χ0v) is 25.0. The second-order valence-corrected chi connectivity index (χ2v) is 12.7. The van der Waals surface area contributed by atoms with Crippen molar-refractivity contribution in [3.05, 3.63) is 65.6 Å². The van der Waals surface area contributed by atoms with Crippen molar-refractivity contribution < 1.29 is 39.6 Å². The molecule has 1 N–H and O–H groups in total. The Bertz CT molecular complexity index is 1940. The molecule has 17 heteroatoms. The number of aromatic nitrogens is 4. The van der Waals surface area contributed by atoms with Gasteiger partial charge in [0.15, 0.2) is 5.65 Å². The van der Waals surface area contributed by atoms with Crippen molar-refractivity contribution in [2.45, 2.75) is 50.0 Å². The van der Waals surface area contributed by atoms with Crippen molar-refractivity contribution >= 4 is 32.9 Å². The summed E-state index contributed by atoms with van der Waals surface area (Å²) in [6, 6.07) is 7.99. The van der Waals surface area contributed by atoms with Crippen molar-refractivity contribution in [2.75, 3.05) is 18.4 Å². The molecule has 1 aromatic carbocycles. The predicted octanol–water partition coefficient (Wildman–Crippen LogP) is 5.53. The van der Waals surface area contributed by atoms with Gasteiger partial charge in [0, 0.05) is 42.5 Å². The summed E-state index contributed by atoms with van der Waals surface area (Å²) in [4.78, 5) is 24.5. The molecule has 0 bridgehead atoms. The standard InChI is InChI=1S/C29H25F6N7O3S/c1-16-3-5-21(6-4-16)46(44,45)42-15-23(22-11-20(28(30,31)32)14-37-25(22)42)24-19(12-36)13-38-27(40-24)39-17(2)18-7-9-41(10-8-18)26(43)29(33,34)35/h3-6,11,13-15,17-18H,7-10H2,1-2H3,(H,38,39,40)/t17-/m1/s1. The number of amides is 1. The summed E-state index contributed by atoms with van der Waals surface area (Å²) in [5.74, 6) is -2.16.